The number of carbonyl (C=O) groups is 3. The molecule has 0 saturated carbocycles. The number of nitrogens with one attached hydrogen (secondary N) is 2. The van der Waals surface area contributed by atoms with Crippen LogP contribution in [0.2, 0.25) is 0 Å². The number of amides is 2. The second-order valence-electron chi connectivity index (χ2n) is 7.53. The molecule has 2 amide bonds. The highest BCUT2D eigenvalue weighted by Gasteiger charge is 2.35. The molecule has 0 bridgehead atoms. The molecule has 0 radical (unpaired) electrons. The standard InChI is InChI=1S/C24H24N4O5S/c1-4-32-23(30)20-17(25-24(31)26-21(20)18-11-8-12-34-18)13-33-22(29)19-14(2)27-28(15(19)3)16-9-6-5-7-10-16/h5-12,21H,4,13H2,1-3H3,(H2,25,26,31). The number of hydrogen-bond acceptors (Lipinski definition) is 7. The van der Waals surface area contributed by atoms with Crippen LogP contribution < -0.4 is 10.6 Å². The second kappa shape index (κ2) is 9.92. The first kappa shape index (κ1) is 23.2. The normalized spacial score (nSPS) is 15.5. The van der Waals surface area contributed by atoms with Crippen LogP contribution in [0.1, 0.15) is 39.6 Å². The molecule has 1 atom stereocenters. The minimum Gasteiger partial charge on any atom is -0.463 e. The van der Waals surface area contributed by atoms with Crippen molar-refractivity contribution in [2.45, 2.75) is 26.8 Å². The quantitative estimate of drug-likeness (QED) is 0.500. The molecule has 1 aromatic carbocycles. The summed E-state index contributed by atoms with van der Waals surface area (Å²) in [6, 6.07) is 11.9. The van der Waals surface area contributed by atoms with Gasteiger partial charge in [0.1, 0.15) is 12.2 Å². The Balaban J connectivity index is 1.62. The first-order chi connectivity index (χ1) is 16.4. The van der Waals surface area contributed by atoms with Crippen molar-refractivity contribution in [3.05, 3.63) is 80.9 Å². The summed E-state index contributed by atoms with van der Waals surface area (Å²) in [4.78, 5) is 38.9. The lowest BCUT2D eigenvalue weighted by atomic mass is 10.0. The molecule has 34 heavy (non-hydrogen) atoms. The lowest BCUT2D eigenvalue weighted by Crippen LogP contribution is -2.46. The maximum absolute atomic E-state index is 13.0. The predicted molar refractivity (Wildman–Crippen MR) is 126 cm³/mol. The molecule has 3 heterocycles. The molecule has 1 unspecified atom stereocenters. The van der Waals surface area contributed by atoms with E-state index in [-0.39, 0.29) is 24.5 Å². The molecule has 0 aliphatic carbocycles. The van der Waals surface area contributed by atoms with Gasteiger partial charge in [-0.05, 0) is 44.4 Å². The Morgan fingerprint density at radius 3 is 2.53 bits per heavy atom. The Kier molecular flexibility index (Phi) is 6.78. The minimum atomic E-state index is -0.703. The molecule has 3 aromatic rings. The molecular formula is C24H24N4O5S. The van der Waals surface area contributed by atoms with Gasteiger partial charge in [0.05, 0.1) is 41.0 Å². The monoisotopic (exact) mass is 480 g/mol. The van der Waals surface area contributed by atoms with Crippen LogP contribution in [0.25, 0.3) is 5.69 Å². The largest absolute Gasteiger partial charge is 0.463 e. The Labute approximate surface area is 200 Å². The van der Waals surface area contributed by atoms with Crippen molar-refractivity contribution >= 4 is 29.3 Å². The zero-order valence-electron chi connectivity index (χ0n) is 19.0. The summed E-state index contributed by atoms with van der Waals surface area (Å²) < 4.78 is 12.4. The van der Waals surface area contributed by atoms with E-state index in [0.717, 1.165) is 10.6 Å². The van der Waals surface area contributed by atoms with Gasteiger partial charge >= 0.3 is 18.0 Å². The van der Waals surface area contributed by atoms with Crippen LogP contribution in [0.5, 0.6) is 0 Å². The van der Waals surface area contributed by atoms with E-state index >= 15 is 0 Å². The summed E-state index contributed by atoms with van der Waals surface area (Å²) in [6.45, 7) is 5.07. The maximum Gasteiger partial charge on any atom is 0.342 e. The Morgan fingerprint density at radius 2 is 1.85 bits per heavy atom. The lowest BCUT2D eigenvalue weighted by Gasteiger charge is -2.28. The predicted octanol–water partition coefficient (Wildman–Crippen LogP) is 3.58. The van der Waals surface area contributed by atoms with Crippen LogP contribution in [-0.4, -0.2) is 41.0 Å². The average molecular weight is 481 g/mol. The van der Waals surface area contributed by atoms with Crippen molar-refractivity contribution in [1.82, 2.24) is 20.4 Å². The molecule has 1 aliphatic rings. The van der Waals surface area contributed by atoms with Gasteiger partial charge < -0.3 is 20.1 Å². The van der Waals surface area contributed by atoms with Gasteiger partial charge in [-0.2, -0.15) is 5.10 Å². The molecule has 2 aromatic heterocycles. The second-order valence-corrected chi connectivity index (χ2v) is 8.51. The fourth-order valence-corrected chi connectivity index (χ4v) is 4.60. The van der Waals surface area contributed by atoms with E-state index in [1.165, 1.54) is 11.3 Å². The van der Waals surface area contributed by atoms with E-state index in [1.807, 2.05) is 47.8 Å². The maximum atomic E-state index is 13.0. The molecule has 4 rings (SSSR count). The zero-order chi connectivity index (χ0) is 24.2. The topological polar surface area (TPSA) is 112 Å². The Bertz CT molecular complexity index is 1250. The average Bonchev–Trinajstić information content (AvgIpc) is 3.46. The van der Waals surface area contributed by atoms with E-state index in [2.05, 4.69) is 15.7 Å². The van der Waals surface area contributed by atoms with Crippen LogP contribution in [0.3, 0.4) is 0 Å². The summed E-state index contributed by atoms with van der Waals surface area (Å²) in [5.41, 5.74) is 2.66. The molecule has 0 saturated heterocycles. The van der Waals surface area contributed by atoms with E-state index in [4.69, 9.17) is 9.47 Å². The minimum absolute atomic E-state index is 0.164. The molecular weight excluding hydrogens is 456 g/mol. The fourth-order valence-electron chi connectivity index (χ4n) is 3.82. The summed E-state index contributed by atoms with van der Waals surface area (Å²) in [7, 11) is 0. The van der Waals surface area contributed by atoms with E-state index < -0.39 is 24.0 Å². The van der Waals surface area contributed by atoms with Gasteiger partial charge in [0.2, 0.25) is 0 Å². The molecule has 9 nitrogen and oxygen atoms in total. The van der Waals surface area contributed by atoms with E-state index in [0.29, 0.717) is 17.0 Å². The van der Waals surface area contributed by atoms with Crippen LogP contribution >= 0.6 is 11.3 Å². The van der Waals surface area contributed by atoms with E-state index in [1.54, 1.807) is 25.5 Å². The van der Waals surface area contributed by atoms with Gasteiger partial charge in [-0.1, -0.05) is 24.3 Å². The SMILES string of the molecule is CCOC(=O)C1=C(COC(=O)c2c(C)nn(-c3ccccc3)c2C)NC(=O)NC1c1cccs1. The van der Waals surface area contributed by atoms with Gasteiger partial charge in [-0.3, -0.25) is 0 Å². The fraction of sp³-hybridized carbons (Fsp3) is 0.250. The van der Waals surface area contributed by atoms with Gasteiger partial charge in [0, 0.05) is 4.88 Å². The highest BCUT2D eigenvalue weighted by molar-refractivity contribution is 7.10. The lowest BCUT2D eigenvalue weighted by molar-refractivity contribution is -0.139. The van der Waals surface area contributed by atoms with Crippen molar-refractivity contribution < 1.29 is 23.9 Å². The number of rotatable bonds is 7. The smallest absolute Gasteiger partial charge is 0.342 e. The van der Waals surface area contributed by atoms with Crippen LogP contribution in [0, 0.1) is 13.8 Å². The first-order valence-corrected chi connectivity index (χ1v) is 11.6. The van der Waals surface area contributed by atoms with Crippen LogP contribution in [0.15, 0.2) is 59.1 Å². The van der Waals surface area contributed by atoms with Crippen molar-refractivity contribution in [3.8, 4) is 5.69 Å². The number of esters is 2. The van der Waals surface area contributed by atoms with Gasteiger partial charge in [-0.15, -0.1) is 11.3 Å². The van der Waals surface area contributed by atoms with Crippen molar-refractivity contribution in [2.24, 2.45) is 0 Å². The van der Waals surface area contributed by atoms with Crippen molar-refractivity contribution in [3.63, 3.8) is 0 Å². The van der Waals surface area contributed by atoms with Crippen LogP contribution in [-0.2, 0) is 14.3 Å². The van der Waals surface area contributed by atoms with Gasteiger partial charge in [-0.25, -0.2) is 19.1 Å². The summed E-state index contributed by atoms with van der Waals surface area (Å²) in [5, 5.41) is 11.7. The number of aryl methyl sites for hydroxylation is 1. The third-order valence-corrected chi connectivity index (χ3v) is 6.26. The first-order valence-electron chi connectivity index (χ1n) is 10.7. The third-order valence-electron chi connectivity index (χ3n) is 5.32. The number of benzene rings is 1. The summed E-state index contributed by atoms with van der Waals surface area (Å²) >= 11 is 1.40. The molecule has 1 aliphatic heterocycles. The number of thiophene rings is 1. The van der Waals surface area contributed by atoms with E-state index in [9.17, 15) is 14.4 Å². The van der Waals surface area contributed by atoms with Crippen molar-refractivity contribution in [2.75, 3.05) is 13.2 Å². The number of hydrogen-bond donors (Lipinski definition) is 2. The Morgan fingerprint density at radius 1 is 1.09 bits per heavy atom. The number of nitrogens with zero attached hydrogens (tertiary/aromatic N) is 2. The van der Waals surface area contributed by atoms with Gasteiger partial charge in [0.15, 0.2) is 0 Å². The summed E-state index contributed by atoms with van der Waals surface area (Å²) in [5.74, 6) is -1.20. The number of ether oxygens (including phenoxy) is 2. The van der Waals surface area contributed by atoms with Crippen LogP contribution in [0.4, 0.5) is 4.79 Å². The number of para-hydroxylation sites is 1. The third kappa shape index (κ3) is 4.58. The number of carbonyl (C=O) groups excluding carboxylic acids is 3. The molecule has 10 heteroatoms. The highest BCUT2D eigenvalue weighted by atomic mass is 32.1. The number of aromatic nitrogens is 2. The molecule has 0 fully saturated rings. The van der Waals surface area contributed by atoms with Gasteiger partial charge in [0.25, 0.3) is 0 Å². The molecule has 0 spiro atoms. The number of urea groups is 1. The summed E-state index contributed by atoms with van der Waals surface area (Å²) in [6.07, 6.45) is 0. The Hall–Kier alpha value is -3.92. The van der Waals surface area contributed by atoms with Crippen molar-refractivity contribution in [1.29, 1.82) is 0 Å². The molecule has 176 valence electrons. The zero-order valence-corrected chi connectivity index (χ0v) is 19.8. The molecule has 2 N–H and O–H groups in total. The highest BCUT2D eigenvalue weighted by Crippen LogP contribution is 2.31.